The fourth-order valence-corrected chi connectivity index (χ4v) is 4.37. The average Bonchev–Trinajstić information content (AvgIpc) is 2.92. The third-order valence-electron chi connectivity index (χ3n) is 5.55. The second-order valence-electron chi connectivity index (χ2n) is 6.67. The summed E-state index contributed by atoms with van der Waals surface area (Å²) < 4.78 is 5.79. The molecule has 3 nitrogen and oxygen atoms in total. The van der Waals surface area contributed by atoms with Gasteiger partial charge in [-0.1, -0.05) is 13.3 Å². The van der Waals surface area contributed by atoms with Crippen LogP contribution in [-0.4, -0.2) is 18.1 Å². The normalized spacial score (nSPS) is 47.2. The molecule has 2 N–H and O–H groups in total. The summed E-state index contributed by atoms with van der Waals surface area (Å²) in [5.74, 6) is 1.62. The van der Waals surface area contributed by atoms with Gasteiger partial charge in [0.1, 0.15) is 6.10 Å². The molecule has 0 radical (unpaired) electrons. The van der Waals surface area contributed by atoms with Gasteiger partial charge in [0.15, 0.2) is 0 Å². The first kappa shape index (κ1) is 12.5. The Kier molecular flexibility index (Phi) is 3.35. The molecule has 0 aromatic carbocycles. The molecule has 0 spiro atoms. The lowest BCUT2D eigenvalue weighted by Gasteiger charge is -2.32. The standard InChI is InChI=1S/C15H25NO2/c1-9-4-2-3-5-12(9)18-15(17)13-10-6-7-11(8-10)14(13)16/h9-14H,2-8,16H2,1H3. The van der Waals surface area contributed by atoms with Gasteiger partial charge in [0.25, 0.3) is 0 Å². The van der Waals surface area contributed by atoms with Crippen LogP contribution >= 0.6 is 0 Å². The van der Waals surface area contributed by atoms with Crippen molar-refractivity contribution < 1.29 is 9.53 Å². The van der Waals surface area contributed by atoms with Crippen molar-refractivity contribution >= 4 is 5.97 Å². The van der Waals surface area contributed by atoms with Gasteiger partial charge in [-0.2, -0.15) is 0 Å². The molecule has 3 aliphatic rings. The second-order valence-corrected chi connectivity index (χ2v) is 6.67. The Bertz CT molecular complexity index is 328. The van der Waals surface area contributed by atoms with E-state index in [2.05, 4.69) is 6.92 Å². The summed E-state index contributed by atoms with van der Waals surface area (Å²) in [4.78, 5) is 12.4. The lowest BCUT2D eigenvalue weighted by atomic mass is 9.84. The molecular weight excluding hydrogens is 226 g/mol. The maximum Gasteiger partial charge on any atom is 0.311 e. The van der Waals surface area contributed by atoms with Gasteiger partial charge in [0, 0.05) is 6.04 Å². The first-order valence-corrected chi connectivity index (χ1v) is 7.63. The zero-order chi connectivity index (χ0) is 12.7. The number of hydrogen-bond acceptors (Lipinski definition) is 3. The van der Waals surface area contributed by atoms with Crippen molar-refractivity contribution in [2.45, 2.75) is 64.0 Å². The van der Waals surface area contributed by atoms with Crippen LogP contribution in [0.4, 0.5) is 0 Å². The lowest BCUT2D eigenvalue weighted by molar-refractivity contribution is -0.160. The average molecular weight is 251 g/mol. The van der Waals surface area contributed by atoms with E-state index in [1.807, 2.05) is 0 Å². The Balaban J connectivity index is 1.61. The Morgan fingerprint density at radius 2 is 1.83 bits per heavy atom. The van der Waals surface area contributed by atoms with Crippen LogP contribution in [0.1, 0.15) is 51.9 Å². The monoisotopic (exact) mass is 251 g/mol. The Hall–Kier alpha value is -0.570. The highest BCUT2D eigenvalue weighted by atomic mass is 16.5. The zero-order valence-electron chi connectivity index (χ0n) is 11.3. The first-order valence-electron chi connectivity index (χ1n) is 7.63. The summed E-state index contributed by atoms with van der Waals surface area (Å²) in [7, 11) is 0. The Morgan fingerprint density at radius 1 is 1.11 bits per heavy atom. The van der Waals surface area contributed by atoms with Crippen LogP contribution in [0.3, 0.4) is 0 Å². The summed E-state index contributed by atoms with van der Waals surface area (Å²) in [6.45, 7) is 2.21. The fraction of sp³-hybridized carbons (Fsp3) is 0.933. The molecule has 3 aliphatic carbocycles. The summed E-state index contributed by atoms with van der Waals surface area (Å²) in [6.07, 6.45) is 8.42. The number of nitrogens with two attached hydrogens (primary N) is 1. The van der Waals surface area contributed by atoms with Gasteiger partial charge in [0.05, 0.1) is 5.92 Å². The van der Waals surface area contributed by atoms with Gasteiger partial charge in [0.2, 0.25) is 0 Å². The van der Waals surface area contributed by atoms with E-state index in [1.165, 1.54) is 32.1 Å². The van der Waals surface area contributed by atoms with Crippen molar-refractivity contribution in [1.29, 1.82) is 0 Å². The van der Waals surface area contributed by atoms with Gasteiger partial charge < -0.3 is 10.5 Å². The second kappa shape index (κ2) is 4.84. The third-order valence-corrected chi connectivity index (χ3v) is 5.55. The van der Waals surface area contributed by atoms with E-state index in [9.17, 15) is 4.79 Å². The van der Waals surface area contributed by atoms with Crippen molar-refractivity contribution in [3.63, 3.8) is 0 Å². The quantitative estimate of drug-likeness (QED) is 0.767. The van der Waals surface area contributed by atoms with Crippen LogP contribution in [0.2, 0.25) is 0 Å². The molecule has 3 rings (SSSR count). The molecule has 0 amide bonds. The number of carbonyl (C=O) groups is 1. The molecule has 0 aromatic rings. The largest absolute Gasteiger partial charge is 0.462 e. The number of ether oxygens (including phenoxy) is 1. The predicted molar refractivity (Wildman–Crippen MR) is 69.8 cm³/mol. The van der Waals surface area contributed by atoms with Gasteiger partial charge in [-0.05, 0) is 56.3 Å². The maximum absolute atomic E-state index is 12.4. The number of esters is 1. The summed E-state index contributed by atoms with van der Waals surface area (Å²) in [6, 6.07) is 0.0650. The number of fused-ring (bicyclic) bond motifs is 2. The van der Waals surface area contributed by atoms with E-state index in [4.69, 9.17) is 10.5 Å². The van der Waals surface area contributed by atoms with Crippen molar-refractivity contribution in [3.8, 4) is 0 Å². The van der Waals surface area contributed by atoms with Crippen LogP contribution in [0.5, 0.6) is 0 Å². The molecule has 102 valence electrons. The molecule has 0 saturated heterocycles. The Morgan fingerprint density at radius 3 is 2.50 bits per heavy atom. The molecule has 3 fully saturated rings. The number of hydrogen-bond donors (Lipinski definition) is 1. The SMILES string of the molecule is CC1CCCCC1OC(=O)C1C2CCC(C2)C1N. The molecule has 3 heteroatoms. The molecule has 6 atom stereocenters. The van der Waals surface area contributed by atoms with Gasteiger partial charge in [-0.25, -0.2) is 0 Å². The summed E-state index contributed by atoms with van der Waals surface area (Å²) in [5.41, 5.74) is 6.20. The molecule has 18 heavy (non-hydrogen) atoms. The molecule has 0 aliphatic heterocycles. The van der Waals surface area contributed by atoms with E-state index in [0.29, 0.717) is 17.8 Å². The van der Waals surface area contributed by atoms with E-state index >= 15 is 0 Å². The van der Waals surface area contributed by atoms with E-state index in [1.54, 1.807) is 0 Å². The van der Waals surface area contributed by atoms with Crippen LogP contribution in [0, 0.1) is 23.7 Å². The van der Waals surface area contributed by atoms with E-state index in [-0.39, 0.29) is 24.0 Å². The van der Waals surface area contributed by atoms with Crippen molar-refractivity contribution in [3.05, 3.63) is 0 Å². The minimum Gasteiger partial charge on any atom is -0.462 e. The molecular formula is C15H25NO2. The van der Waals surface area contributed by atoms with Crippen molar-refractivity contribution in [2.75, 3.05) is 0 Å². The lowest BCUT2D eigenvalue weighted by Crippen LogP contribution is -2.43. The third kappa shape index (κ3) is 2.07. The van der Waals surface area contributed by atoms with Crippen LogP contribution in [0.25, 0.3) is 0 Å². The van der Waals surface area contributed by atoms with Gasteiger partial charge in [-0.3, -0.25) is 4.79 Å². The van der Waals surface area contributed by atoms with Gasteiger partial charge in [-0.15, -0.1) is 0 Å². The van der Waals surface area contributed by atoms with Crippen molar-refractivity contribution in [2.24, 2.45) is 29.4 Å². The highest BCUT2D eigenvalue weighted by Gasteiger charge is 2.50. The molecule has 6 unspecified atom stereocenters. The first-order chi connectivity index (χ1) is 8.66. The van der Waals surface area contributed by atoms with Crippen LogP contribution in [-0.2, 0) is 9.53 Å². The smallest absolute Gasteiger partial charge is 0.311 e. The topological polar surface area (TPSA) is 52.3 Å². The summed E-state index contributed by atoms with van der Waals surface area (Å²) >= 11 is 0. The predicted octanol–water partition coefficient (Wildman–Crippen LogP) is 2.48. The van der Waals surface area contributed by atoms with Crippen LogP contribution < -0.4 is 5.73 Å². The highest BCUT2D eigenvalue weighted by molar-refractivity contribution is 5.74. The minimum atomic E-state index is -0.00197. The van der Waals surface area contributed by atoms with E-state index in [0.717, 1.165) is 12.8 Å². The summed E-state index contributed by atoms with van der Waals surface area (Å²) in [5, 5.41) is 0. The van der Waals surface area contributed by atoms with Crippen molar-refractivity contribution in [1.82, 2.24) is 0 Å². The Labute approximate surface area is 109 Å². The number of rotatable bonds is 2. The molecule has 3 saturated carbocycles. The minimum absolute atomic E-state index is 0.00197. The molecule has 2 bridgehead atoms. The zero-order valence-corrected chi connectivity index (χ0v) is 11.3. The van der Waals surface area contributed by atoms with Gasteiger partial charge >= 0.3 is 5.97 Å². The maximum atomic E-state index is 12.4. The van der Waals surface area contributed by atoms with E-state index < -0.39 is 0 Å². The molecule has 0 heterocycles. The fourth-order valence-electron chi connectivity index (χ4n) is 4.37. The van der Waals surface area contributed by atoms with Crippen LogP contribution in [0.15, 0.2) is 0 Å². The molecule has 0 aromatic heterocycles. The highest BCUT2D eigenvalue weighted by Crippen LogP contribution is 2.48. The number of carbonyl (C=O) groups excluding carboxylic acids is 1.